The Kier molecular flexibility index (Phi) is 5.50. The molecule has 3 heteroatoms. The van der Waals surface area contributed by atoms with Crippen LogP contribution in [0, 0.1) is 5.41 Å². The second-order valence-corrected chi connectivity index (χ2v) is 4.61. The van der Waals surface area contributed by atoms with Crippen molar-refractivity contribution < 1.29 is 0 Å². The average molecular weight is 234 g/mol. The van der Waals surface area contributed by atoms with Crippen molar-refractivity contribution in [3.8, 4) is 0 Å². The number of nitrogens with two attached hydrogens (primary N) is 1. The Morgan fingerprint density at radius 3 is 2.50 bits per heavy atom. The smallest absolute Gasteiger partial charge is 0.0408 e. The molecule has 0 aliphatic carbocycles. The highest BCUT2D eigenvalue weighted by atomic mass is 35.5. The van der Waals surface area contributed by atoms with Gasteiger partial charge >= 0.3 is 0 Å². The number of benzene rings is 1. The molecular formula is C11H17Cl2N. The van der Waals surface area contributed by atoms with Gasteiger partial charge in [-0.3, -0.25) is 0 Å². The molecule has 0 aliphatic rings. The van der Waals surface area contributed by atoms with Crippen LogP contribution in [-0.2, 0) is 6.42 Å². The van der Waals surface area contributed by atoms with E-state index in [-0.39, 0.29) is 17.8 Å². The van der Waals surface area contributed by atoms with Crippen LogP contribution >= 0.6 is 24.0 Å². The minimum Gasteiger partial charge on any atom is -0.330 e. The summed E-state index contributed by atoms with van der Waals surface area (Å²) in [6, 6.07) is 7.95. The van der Waals surface area contributed by atoms with Gasteiger partial charge in [0.2, 0.25) is 0 Å². The topological polar surface area (TPSA) is 26.0 Å². The Hall–Kier alpha value is -0.240. The van der Waals surface area contributed by atoms with E-state index in [2.05, 4.69) is 19.9 Å². The highest BCUT2D eigenvalue weighted by molar-refractivity contribution is 6.30. The lowest BCUT2D eigenvalue weighted by atomic mass is 9.86. The number of hydrogen-bond acceptors (Lipinski definition) is 1. The number of halogens is 2. The first-order valence-corrected chi connectivity index (χ1v) is 4.86. The second-order valence-electron chi connectivity index (χ2n) is 4.18. The van der Waals surface area contributed by atoms with Crippen molar-refractivity contribution in [2.75, 3.05) is 6.54 Å². The van der Waals surface area contributed by atoms with Gasteiger partial charge < -0.3 is 5.73 Å². The molecule has 0 heterocycles. The van der Waals surface area contributed by atoms with Crippen LogP contribution in [-0.4, -0.2) is 6.54 Å². The van der Waals surface area contributed by atoms with Crippen molar-refractivity contribution in [3.63, 3.8) is 0 Å². The molecule has 0 fully saturated rings. The first kappa shape index (κ1) is 13.8. The zero-order chi connectivity index (χ0) is 9.90. The van der Waals surface area contributed by atoms with Gasteiger partial charge in [-0.05, 0) is 36.1 Å². The molecule has 0 aromatic heterocycles. The van der Waals surface area contributed by atoms with Gasteiger partial charge in [-0.15, -0.1) is 12.4 Å². The fourth-order valence-electron chi connectivity index (χ4n) is 1.27. The Morgan fingerprint density at radius 1 is 1.36 bits per heavy atom. The molecule has 1 aromatic carbocycles. The van der Waals surface area contributed by atoms with Crippen molar-refractivity contribution in [1.82, 2.24) is 0 Å². The van der Waals surface area contributed by atoms with E-state index in [0.29, 0.717) is 6.54 Å². The Bertz CT molecular complexity index is 284. The normalized spacial score (nSPS) is 10.9. The van der Waals surface area contributed by atoms with Gasteiger partial charge in [-0.1, -0.05) is 37.6 Å². The van der Waals surface area contributed by atoms with Crippen LogP contribution in [0.2, 0.25) is 5.02 Å². The minimum atomic E-state index is 0. The van der Waals surface area contributed by atoms with Gasteiger partial charge in [0.1, 0.15) is 0 Å². The zero-order valence-electron chi connectivity index (χ0n) is 8.59. The van der Waals surface area contributed by atoms with Crippen LogP contribution in [0.1, 0.15) is 19.4 Å². The van der Waals surface area contributed by atoms with Crippen LogP contribution in [0.4, 0.5) is 0 Å². The maximum absolute atomic E-state index is 5.89. The van der Waals surface area contributed by atoms with E-state index in [1.54, 1.807) is 0 Å². The maximum Gasteiger partial charge on any atom is 0.0408 e. The third-order valence-electron chi connectivity index (χ3n) is 2.12. The van der Waals surface area contributed by atoms with Gasteiger partial charge in [0.25, 0.3) is 0 Å². The lowest BCUT2D eigenvalue weighted by Crippen LogP contribution is -2.25. The molecule has 0 bridgehead atoms. The summed E-state index contributed by atoms with van der Waals surface area (Å²) < 4.78 is 0. The minimum absolute atomic E-state index is 0. The quantitative estimate of drug-likeness (QED) is 0.853. The van der Waals surface area contributed by atoms with Gasteiger partial charge in [-0.25, -0.2) is 0 Å². The first-order valence-electron chi connectivity index (χ1n) is 4.48. The molecule has 1 nitrogen and oxygen atoms in total. The van der Waals surface area contributed by atoms with Crippen LogP contribution in [0.25, 0.3) is 0 Å². The van der Waals surface area contributed by atoms with E-state index in [0.717, 1.165) is 11.4 Å². The summed E-state index contributed by atoms with van der Waals surface area (Å²) in [5.41, 5.74) is 7.07. The molecule has 80 valence electrons. The maximum atomic E-state index is 5.89. The molecule has 0 unspecified atom stereocenters. The molecule has 0 radical (unpaired) electrons. The second kappa shape index (κ2) is 5.59. The van der Waals surface area contributed by atoms with Crippen LogP contribution in [0.5, 0.6) is 0 Å². The average Bonchev–Trinajstić information content (AvgIpc) is 2.03. The first-order chi connectivity index (χ1) is 6.03. The van der Waals surface area contributed by atoms with E-state index >= 15 is 0 Å². The lowest BCUT2D eigenvalue weighted by molar-refractivity contribution is 0.377. The van der Waals surface area contributed by atoms with Crippen molar-refractivity contribution in [2.24, 2.45) is 11.1 Å². The Balaban J connectivity index is 0.00000169. The van der Waals surface area contributed by atoms with E-state index in [4.69, 9.17) is 17.3 Å². The molecular weight excluding hydrogens is 217 g/mol. The summed E-state index contributed by atoms with van der Waals surface area (Å²) in [7, 11) is 0. The predicted octanol–water partition coefficient (Wildman–Crippen LogP) is 3.29. The summed E-state index contributed by atoms with van der Waals surface area (Å²) >= 11 is 5.89. The van der Waals surface area contributed by atoms with Gasteiger partial charge in [0.05, 0.1) is 0 Å². The van der Waals surface area contributed by atoms with Gasteiger partial charge in [0, 0.05) is 5.02 Å². The summed E-state index contributed by atoms with van der Waals surface area (Å²) in [6.45, 7) is 5.02. The third kappa shape index (κ3) is 4.32. The third-order valence-corrected chi connectivity index (χ3v) is 2.36. The number of hydrogen-bond donors (Lipinski definition) is 1. The summed E-state index contributed by atoms with van der Waals surface area (Å²) in [5.74, 6) is 0. The summed E-state index contributed by atoms with van der Waals surface area (Å²) in [5, 5.41) is 0.797. The van der Waals surface area contributed by atoms with Crippen molar-refractivity contribution in [3.05, 3.63) is 34.9 Å². The lowest BCUT2D eigenvalue weighted by Gasteiger charge is -2.22. The molecule has 0 amide bonds. The highest BCUT2D eigenvalue weighted by Crippen LogP contribution is 2.21. The summed E-state index contributed by atoms with van der Waals surface area (Å²) in [6.07, 6.45) is 0.976. The molecule has 0 spiro atoms. The van der Waals surface area contributed by atoms with Crippen molar-refractivity contribution in [2.45, 2.75) is 20.3 Å². The van der Waals surface area contributed by atoms with E-state index in [1.165, 1.54) is 5.56 Å². The Labute approximate surface area is 97.1 Å². The molecule has 0 atom stereocenters. The monoisotopic (exact) mass is 233 g/mol. The molecule has 1 aromatic rings. The largest absolute Gasteiger partial charge is 0.330 e. The van der Waals surface area contributed by atoms with Crippen LogP contribution in [0.3, 0.4) is 0 Å². The van der Waals surface area contributed by atoms with Gasteiger partial charge in [0.15, 0.2) is 0 Å². The molecule has 14 heavy (non-hydrogen) atoms. The molecule has 0 saturated heterocycles. The van der Waals surface area contributed by atoms with Crippen LogP contribution in [0.15, 0.2) is 24.3 Å². The molecule has 1 rings (SSSR count). The van der Waals surface area contributed by atoms with Crippen LogP contribution < -0.4 is 5.73 Å². The molecule has 0 saturated carbocycles. The van der Waals surface area contributed by atoms with E-state index in [9.17, 15) is 0 Å². The summed E-state index contributed by atoms with van der Waals surface area (Å²) in [4.78, 5) is 0. The SMILES string of the molecule is CC(C)(CN)Cc1cccc(Cl)c1.Cl. The fourth-order valence-corrected chi connectivity index (χ4v) is 1.48. The van der Waals surface area contributed by atoms with E-state index in [1.807, 2.05) is 18.2 Å². The van der Waals surface area contributed by atoms with Gasteiger partial charge in [-0.2, -0.15) is 0 Å². The van der Waals surface area contributed by atoms with Crippen molar-refractivity contribution in [1.29, 1.82) is 0 Å². The molecule has 0 aliphatic heterocycles. The van der Waals surface area contributed by atoms with Crippen molar-refractivity contribution >= 4 is 24.0 Å². The fraction of sp³-hybridized carbons (Fsp3) is 0.455. The zero-order valence-corrected chi connectivity index (χ0v) is 10.2. The number of rotatable bonds is 3. The van der Waals surface area contributed by atoms with E-state index < -0.39 is 0 Å². The Morgan fingerprint density at radius 2 is 2.00 bits per heavy atom. The molecule has 2 N–H and O–H groups in total. The standard InChI is InChI=1S/C11H16ClN.ClH/c1-11(2,8-13)7-9-4-3-5-10(12)6-9;/h3-6H,7-8,13H2,1-2H3;1H. The predicted molar refractivity (Wildman–Crippen MR) is 65.2 cm³/mol. The highest BCUT2D eigenvalue weighted by Gasteiger charge is 2.15.